The minimum absolute atomic E-state index is 0.0271. The lowest BCUT2D eigenvalue weighted by Gasteiger charge is -2.18. The normalized spacial score (nSPS) is 27.2. The van der Waals surface area contributed by atoms with Crippen molar-refractivity contribution < 1.29 is 9.84 Å². The van der Waals surface area contributed by atoms with Gasteiger partial charge in [-0.3, -0.25) is 0 Å². The van der Waals surface area contributed by atoms with Crippen LogP contribution in [0.3, 0.4) is 0 Å². The van der Waals surface area contributed by atoms with Gasteiger partial charge in [-0.2, -0.15) is 9.97 Å². The number of anilines is 2. The van der Waals surface area contributed by atoms with Crippen LogP contribution in [0.15, 0.2) is 12.3 Å². The van der Waals surface area contributed by atoms with E-state index in [-0.39, 0.29) is 30.8 Å². The molecule has 0 spiro atoms. The summed E-state index contributed by atoms with van der Waals surface area (Å²) in [6.45, 7) is 2.11. The van der Waals surface area contributed by atoms with Gasteiger partial charge in [0, 0.05) is 12.1 Å². The molecule has 0 aliphatic carbocycles. The molecule has 7 heteroatoms. The van der Waals surface area contributed by atoms with Crippen molar-refractivity contribution >= 4 is 22.8 Å². The van der Waals surface area contributed by atoms with Gasteiger partial charge in [-0.15, -0.1) is 0 Å². The lowest BCUT2D eigenvalue weighted by atomic mass is 10.1. The van der Waals surface area contributed by atoms with Crippen molar-refractivity contribution in [3.05, 3.63) is 12.3 Å². The van der Waals surface area contributed by atoms with Gasteiger partial charge in [-0.05, 0) is 12.5 Å². The highest BCUT2D eigenvalue weighted by atomic mass is 16.5. The van der Waals surface area contributed by atoms with E-state index in [1.807, 2.05) is 16.8 Å². The number of hydrogen-bond acceptors (Lipinski definition) is 6. The molecule has 3 heterocycles. The van der Waals surface area contributed by atoms with Gasteiger partial charge in [0.05, 0.1) is 18.1 Å². The first-order valence-electron chi connectivity index (χ1n) is 6.26. The van der Waals surface area contributed by atoms with E-state index in [0.29, 0.717) is 11.5 Å². The number of hydrogen-bond donors (Lipinski definition) is 3. The molecule has 1 fully saturated rings. The summed E-state index contributed by atoms with van der Waals surface area (Å²) in [7, 11) is 0. The first-order valence-corrected chi connectivity index (χ1v) is 6.26. The van der Waals surface area contributed by atoms with Crippen molar-refractivity contribution in [3.8, 4) is 0 Å². The molecule has 1 aliphatic heterocycles. The predicted molar refractivity (Wildman–Crippen MR) is 71.1 cm³/mol. The number of aliphatic hydroxyl groups excluding tert-OH is 1. The fourth-order valence-corrected chi connectivity index (χ4v) is 2.65. The molecule has 102 valence electrons. The monoisotopic (exact) mass is 263 g/mol. The van der Waals surface area contributed by atoms with E-state index < -0.39 is 0 Å². The van der Waals surface area contributed by atoms with Gasteiger partial charge in [0.2, 0.25) is 5.95 Å². The van der Waals surface area contributed by atoms with Crippen molar-refractivity contribution in [2.75, 3.05) is 18.1 Å². The van der Waals surface area contributed by atoms with Gasteiger partial charge in [-0.25, -0.2) is 0 Å². The molecule has 0 amide bonds. The third-order valence-corrected chi connectivity index (χ3v) is 3.55. The summed E-state index contributed by atoms with van der Waals surface area (Å²) in [5.41, 5.74) is 12.1. The van der Waals surface area contributed by atoms with E-state index in [9.17, 15) is 5.11 Å². The summed E-state index contributed by atoms with van der Waals surface area (Å²) < 4.78 is 7.73. The maximum Gasteiger partial charge on any atom is 0.223 e. The summed E-state index contributed by atoms with van der Waals surface area (Å²) in [5.74, 6) is 0.796. The second kappa shape index (κ2) is 4.36. The van der Waals surface area contributed by atoms with Crippen LogP contribution < -0.4 is 11.5 Å². The number of rotatable bonds is 2. The van der Waals surface area contributed by atoms with Gasteiger partial charge in [0.25, 0.3) is 0 Å². The summed E-state index contributed by atoms with van der Waals surface area (Å²) in [5, 5.41) is 9.96. The van der Waals surface area contributed by atoms with E-state index in [1.54, 1.807) is 0 Å². The summed E-state index contributed by atoms with van der Waals surface area (Å²) in [4.78, 5) is 8.18. The third-order valence-electron chi connectivity index (χ3n) is 3.55. The number of aromatic nitrogens is 3. The van der Waals surface area contributed by atoms with Crippen LogP contribution in [0.1, 0.15) is 19.6 Å². The van der Waals surface area contributed by atoms with Gasteiger partial charge in [0.1, 0.15) is 17.7 Å². The average Bonchev–Trinajstić information content (AvgIpc) is 2.92. The zero-order valence-corrected chi connectivity index (χ0v) is 10.7. The van der Waals surface area contributed by atoms with Crippen LogP contribution in [-0.2, 0) is 4.74 Å². The number of aliphatic hydroxyl groups is 1. The molecule has 3 atom stereocenters. The van der Waals surface area contributed by atoms with Crippen LogP contribution in [-0.4, -0.2) is 32.4 Å². The van der Waals surface area contributed by atoms with Crippen LogP contribution >= 0.6 is 0 Å². The summed E-state index contributed by atoms with van der Waals surface area (Å²) in [6, 6.07) is 1.85. The molecular weight excluding hydrogens is 246 g/mol. The molecule has 2 aromatic heterocycles. The molecule has 1 aliphatic rings. The van der Waals surface area contributed by atoms with Crippen LogP contribution in [0.25, 0.3) is 11.0 Å². The van der Waals surface area contributed by atoms with E-state index >= 15 is 0 Å². The fourth-order valence-electron chi connectivity index (χ4n) is 2.65. The van der Waals surface area contributed by atoms with Crippen LogP contribution in [0, 0.1) is 5.92 Å². The van der Waals surface area contributed by atoms with Gasteiger partial charge < -0.3 is 25.9 Å². The van der Waals surface area contributed by atoms with Crippen LogP contribution in [0.5, 0.6) is 0 Å². The first kappa shape index (κ1) is 12.2. The highest BCUT2D eigenvalue weighted by molar-refractivity contribution is 5.87. The highest BCUT2D eigenvalue weighted by Gasteiger charge is 2.33. The standard InChI is InChI=1S/C12H17N5O2/c1-6-4-7(5-18)19-11(6)17-3-2-8-9(13)15-12(14)16-10(8)17/h2-3,6-7,11,18H,4-5H2,1H3,(H4,13,14,15,16)/t6-,7-,11+/m0/s1. The molecule has 0 bridgehead atoms. The van der Waals surface area contributed by atoms with E-state index in [1.165, 1.54) is 0 Å². The van der Waals surface area contributed by atoms with Crippen molar-refractivity contribution in [2.45, 2.75) is 25.7 Å². The zero-order chi connectivity index (χ0) is 13.6. The maximum atomic E-state index is 9.20. The van der Waals surface area contributed by atoms with Crippen molar-refractivity contribution in [1.82, 2.24) is 14.5 Å². The Morgan fingerprint density at radius 2 is 2.26 bits per heavy atom. The molecule has 3 rings (SSSR count). The van der Waals surface area contributed by atoms with Crippen LogP contribution in [0.2, 0.25) is 0 Å². The van der Waals surface area contributed by atoms with Crippen molar-refractivity contribution in [2.24, 2.45) is 5.92 Å². The van der Waals surface area contributed by atoms with Gasteiger partial charge >= 0.3 is 0 Å². The third kappa shape index (κ3) is 1.91. The molecule has 7 nitrogen and oxygen atoms in total. The lowest BCUT2D eigenvalue weighted by molar-refractivity contribution is -0.0291. The molecule has 0 aromatic carbocycles. The molecule has 19 heavy (non-hydrogen) atoms. The topological polar surface area (TPSA) is 112 Å². The lowest BCUT2D eigenvalue weighted by Crippen LogP contribution is -2.15. The summed E-state index contributed by atoms with van der Waals surface area (Å²) in [6.07, 6.45) is 2.39. The average molecular weight is 263 g/mol. The minimum atomic E-state index is -0.164. The SMILES string of the molecule is C[C@H]1C[C@@H](CO)O[C@H]1n1ccc2c(N)nc(N)nc21. The molecule has 1 saturated heterocycles. The molecular formula is C12H17N5O2. The number of nitrogen functional groups attached to an aromatic ring is 2. The smallest absolute Gasteiger partial charge is 0.223 e. The predicted octanol–water partition coefficient (Wildman–Crippen LogP) is 0.512. The Kier molecular flexibility index (Phi) is 2.79. The van der Waals surface area contributed by atoms with Gasteiger partial charge in [0.15, 0.2) is 0 Å². The largest absolute Gasteiger partial charge is 0.394 e. The second-order valence-electron chi connectivity index (χ2n) is 4.97. The number of fused-ring (bicyclic) bond motifs is 1. The van der Waals surface area contributed by atoms with Crippen molar-refractivity contribution in [3.63, 3.8) is 0 Å². The summed E-state index contributed by atoms with van der Waals surface area (Å²) >= 11 is 0. The first-order chi connectivity index (χ1) is 9.10. The Labute approximate surface area is 110 Å². The van der Waals surface area contributed by atoms with Crippen molar-refractivity contribution in [1.29, 1.82) is 0 Å². The Morgan fingerprint density at radius 1 is 1.47 bits per heavy atom. The van der Waals surface area contributed by atoms with Gasteiger partial charge in [-0.1, -0.05) is 6.92 Å². The Balaban J connectivity index is 2.06. The number of ether oxygens (including phenoxy) is 1. The Bertz CT molecular complexity index is 611. The molecule has 0 radical (unpaired) electrons. The van der Waals surface area contributed by atoms with E-state index in [4.69, 9.17) is 16.2 Å². The minimum Gasteiger partial charge on any atom is -0.394 e. The van der Waals surface area contributed by atoms with E-state index in [0.717, 1.165) is 11.8 Å². The quantitative estimate of drug-likeness (QED) is 0.727. The number of nitrogens with two attached hydrogens (primary N) is 2. The Hall–Kier alpha value is -1.86. The Morgan fingerprint density at radius 3 is 2.95 bits per heavy atom. The second-order valence-corrected chi connectivity index (χ2v) is 4.97. The maximum absolute atomic E-state index is 9.20. The van der Waals surface area contributed by atoms with Crippen LogP contribution in [0.4, 0.5) is 11.8 Å². The molecule has 5 N–H and O–H groups in total. The van der Waals surface area contributed by atoms with E-state index in [2.05, 4.69) is 16.9 Å². The molecule has 0 saturated carbocycles. The number of nitrogens with zero attached hydrogens (tertiary/aromatic N) is 3. The zero-order valence-electron chi connectivity index (χ0n) is 10.7. The molecule has 0 unspecified atom stereocenters. The highest BCUT2D eigenvalue weighted by Crippen LogP contribution is 2.36. The molecule has 2 aromatic rings. The fraction of sp³-hybridized carbons (Fsp3) is 0.500.